The summed E-state index contributed by atoms with van der Waals surface area (Å²) >= 11 is 1.44. The first-order chi connectivity index (χ1) is 11.8. The predicted molar refractivity (Wildman–Crippen MR) is 94.6 cm³/mol. The van der Waals surface area contributed by atoms with Gasteiger partial charge < -0.3 is 14.5 Å². The Morgan fingerprint density at radius 1 is 1.21 bits per heavy atom. The monoisotopic (exact) mass is 346 g/mol. The number of carbonyl (C=O) groups is 1. The molecule has 2 aromatic rings. The summed E-state index contributed by atoms with van der Waals surface area (Å²) in [5, 5.41) is 0.960. The van der Waals surface area contributed by atoms with E-state index >= 15 is 0 Å². The van der Waals surface area contributed by atoms with Gasteiger partial charge in [0.05, 0.1) is 0 Å². The molecule has 1 fully saturated rings. The van der Waals surface area contributed by atoms with Gasteiger partial charge in [0, 0.05) is 44.1 Å². The number of hydrogen-bond acceptors (Lipinski definition) is 6. The third-order valence-electron chi connectivity index (χ3n) is 4.00. The van der Waals surface area contributed by atoms with Crippen molar-refractivity contribution in [2.75, 3.05) is 37.7 Å². The average Bonchev–Trinajstić information content (AvgIpc) is 2.97. The highest BCUT2D eigenvalue weighted by molar-refractivity contribution is 7.09. The van der Waals surface area contributed by atoms with Crippen LogP contribution in [0.2, 0.25) is 0 Å². The maximum absolute atomic E-state index is 12.4. The van der Waals surface area contributed by atoms with Crippen molar-refractivity contribution in [3.8, 4) is 5.75 Å². The van der Waals surface area contributed by atoms with Crippen LogP contribution in [0.25, 0.3) is 0 Å². The summed E-state index contributed by atoms with van der Waals surface area (Å²) < 4.78 is 9.91. The summed E-state index contributed by atoms with van der Waals surface area (Å²) in [4.78, 5) is 21.0. The molecule has 0 N–H and O–H groups in total. The molecule has 1 aromatic heterocycles. The molecule has 0 bridgehead atoms. The third kappa shape index (κ3) is 4.23. The van der Waals surface area contributed by atoms with Crippen molar-refractivity contribution in [2.24, 2.45) is 0 Å². The zero-order valence-corrected chi connectivity index (χ0v) is 14.7. The first-order valence-corrected chi connectivity index (χ1v) is 9.06. The second-order valence-electron chi connectivity index (χ2n) is 5.67. The van der Waals surface area contributed by atoms with Gasteiger partial charge in [0.1, 0.15) is 11.6 Å². The van der Waals surface area contributed by atoms with E-state index in [4.69, 9.17) is 4.74 Å². The molecule has 1 amide bonds. The van der Waals surface area contributed by atoms with Gasteiger partial charge in [0.25, 0.3) is 5.91 Å². The highest BCUT2D eigenvalue weighted by Crippen LogP contribution is 2.19. The van der Waals surface area contributed by atoms with Gasteiger partial charge in [0.15, 0.2) is 6.61 Å². The van der Waals surface area contributed by atoms with E-state index in [2.05, 4.69) is 21.2 Å². The Bertz CT molecular complexity index is 662. The molecule has 0 radical (unpaired) electrons. The summed E-state index contributed by atoms with van der Waals surface area (Å²) in [6, 6.07) is 9.44. The van der Waals surface area contributed by atoms with Crippen LogP contribution in [0.4, 0.5) is 5.13 Å². The molecule has 0 unspecified atom stereocenters. The molecular formula is C17H22N4O2S. The Balaban J connectivity index is 1.52. The van der Waals surface area contributed by atoms with Crippen molar-refractivity contribution in [1.29, 1.82) is 0 Å². The van der Waals surface area contributed by atoms with Crippen molar-refractivity contribution in [1.82, 2.24) is 14.3 Å². The summed E-state index contributed by atoms with van der Waals surface area (Å²) in [7, 11) is 0. The number of amides is 1. The Morgan fingerprint density at radius 2 is 2.04 bits per heavy atom. The minimum absolute atomic E-state index is 0.0345. The number of benzene rings is 1. The van der Waals surface area contributed by atoms with Crippen molar-refractivity contribution in [3.63, 3.8) is 0 Å². The van der Waals surface area contributed by atoms with E-state index in [1.165, 1.54) is 11.5 Å². The molecule has 24 heavy (non-hydrogen) atoms. The molecule has 2 heterocycles. The standard InChI is InChI=1S/C17H22N4O2S/c1-2-15-18-17(24-19-15)21-10-6-9-20(11-12-21)16(22)13-23-14-7-4-3-5-8-14/h3-5,7-8H,2,6,9-13H2,1H3. The van der Waals surface area contributed by atoms with E-state index in [0.29, 0.717) is 6.54 Å². The highest BCUT2D eigenvalue weighted by Gasteiger charge is 2.21. The second-order valence-corrected chi connectivity index (χ2v) is 6.40. The number of carbonyl (C=O) groups excluding carboxylic acids is 1. The summed E-state index contributed by atoms with van der Waals surface area (Å²) in [5.74, 6) is 1.65. The van der Waals surface area contributed by atoms with Crippen molar-refractivity contribution >= 4 is 22.6 Å². The van der Waals surface area contributed by atoms with E-state index in [-0.39, 0.29) is 12.5 Å². The van der Waals surface area contributed by atoms with Crippen molar-refractivity contribution < 1.29 is 9.53 Å². The number of nitrogens with zero attached hydrogens (tertiary/aromatic N) is 4. The maximum atomic E-state index is 12.4. The molecule has 6 nitrogen and oxygen atoms in total. The van der Waals surface area contributed by atoms with Gasteiger partial charge in [0.2, 0.25) is 5.13 Å². The summed E-state index contributed by atoms with van der Waals surface area (Å²) in [6.45, 7) is 5.28. The molecule has 1 saturated heterocycles. The third-order valence-corrected chi connectivity index (χ3v) is 4.81. The zero-order chi connectivity index (χ0) is 16.8. The quantitative estimate of drug-likeness (QED) is 0.831. The molecule has 0 saturated carbocycles. The molecule has 7 heteroatoms. The predicted octanol–water partition coefficient (Wildman–Crippen LogP) is 2.22. The topological polar surface area (TPSA) is 58.6 Å². The fourth-order valence-electron chi connectivity index (χ4n) is 2.63. The normalized spacial score (nSPS) is 15.2. The molecule has 0 aliphatic carbocycles. The Labute approximate surface area is 146 Å². The molecular weight excluding hydrogens is 324 g/mol. The van der Waals surface area contributed by atoms with Gasteiger partial charge in [-0.2, -0.15) is 4.37 Å². The lowest BCUT2D eigenvalue weighted by molar-refractivity contribution is -0.133. The minimum atomic E-state index is 0.0345. The van der Waals surface area contributed by atoms with Gasteiger partial charge >= 0.3 is 0 Å². The van der Waals surface area contributed by atoms with Crippen LogP contribution in [-0.4, -0.2) is 53.0 Å². The number of aromatic nitrogens is 2. The number of para-hydroxylation sites is 1. The van der Waals surface area contributed by atoms with E-state index in [1.807, 2.05) is 35.2 Å². The minimum Gasteiger partial charge on any atom is -0.484 e. The first-order valence-electron chi connectivity index (χ1n) is 8.29. The SMILES string of the molecule is CCc1nsc(N2CCCN(C(=O)COc3ccccc3)CC2)n1. The molecule has 3 rings (SSSR count). The van der Waals surface area contributed by atoms with E-state index in [0.717, 1.165) is 49.2 Å². The van der Waals surface area contributed by atoms with Crippen LogP contribution in [-0.2, 0) is 11.2 Å². The molecule has 1 aliphatic heterocycles. The maximum Gasteiger partial charge on any atom is 0.260 e. The molecule has 1 aliphatic rings. The van der Waals surface area contributed by atoms with Gasteiger partial charge in [-0.1, -0.05) is 25.1 Å². The average molecular weight is 346 g/mol. The number of rotatable bonds is 5. The van der Waals surface area contributed by atoms with Crippen LogP contribution in [0.3, 0.4) is 0 Å². The van der Waals surface area contributed by atoms with Gasteiger partial charge in [-0.15, -0.1) is 0 Å². The lowest BCUT2D eigenvalue weighted by Gasteiger charge is -2.21. The van der Waals surface area contributed by atoms with E-state index in [9.17, 15) is 4.79 Å². The first kappa shape index (κ1) is 16.7. The Kier molecular flexibility index (Phi) is 5.63. The largest absolute Gasteiger partial charge is 0.484 e. The summed E-state index contributed by atoms with van der Waals surface area (Å²) in [6.07, 6.45) is 1.78. The number of aryl methyl sites for hydroxylation is 1. The number of ether oxygens (including phenoxy) is 1. The fourth-order valence-corrected chi connectivity index (χ4v) is 3.43. The van der Waals surface area contributed by atoms with Crippen LogP contribution >= 0.6 is 11.5 Å². The number of hydrogen-bond donors (Lipinski definition) is 0. The van der Waals surface area contributed by atoms with Gasteiger partial charge in [-0.25, -0.2) is 4.98 Å². The lowest BCUT2D eigenvalue weighted by atomic mass is 10.3. The van der Waals surface area contributed by atoms with Crippen molar-refractivity contribution in [2.45, 2.75) is 19.8 Å². The molecule has 1 aromatic carbocycles. The smallest absolute Gasteiger partial charge is 0.260 e. The molecule has 0 atom stereocenters. The van der Waals surface area contributed by atoms with Crippen molar-refractivity contribution in [3.05, 3.63) is 36.2 Å². The van der Waals surface area contributed by atoms with E-state index < -0.39 is 0 Å². The molecule has 128 valence electrons. The lowest BCUT2D eigenvalue weighted by Crippen LogP contribution is -2.38. The van der Waals surface area contributed by atoms with Crippen LogP contribution in [0, 0.1) is 0 Å². The Morgan fingerprint density at radius 3 is 2.79 bits per heavy atom. The second kappa shape index (κ2) is 8.10. The highest BCUT2D eigenvalue weighted by atomic mass is 32.1. The van der Waals surface area contributed by atoms with Crippen LogP contribution < -0.4 is 9.64 Å². The fraction of sp³-hybridized carbons (Fsp3) is 0.471. The van der Waals surface area contributed by atoms with Crippen LogP contribution in [0.1, 0.15) is 19.2 Å². The van der Waals surface area contributed by atoms with Gasteiger partial charge in [-0.05, 0) is 18.6 Å². The van der Waals surface area contributed by atoms with Gasteiger partial charge in [-0.3, -0.25) is 4.79 Å². The van der Waals surface area contributed by atoms with Crippen LogP contribution in [0.5, 0.6) is 5.75 Å². The number of anilines is 1. The summed E-state index contributed by atoms with van der Waals surface area (Å²) in [5.41, 5.74) is 0. The van der Waals surface area contributed by atoms with E-state index in [1.54, 1.807) is 0 Å². The molecule has 0 spiro atoms. The Hall–Kier alpha value is -2.15. The van der Waals surface area contributed by atoms with Crippen LogP contribution in [0.15, 0.2) is 30.3 Å². The zero-order valence-electron chi connectivity index (χ0n) is 13.9.